The summed E-state index contributed by atoms with van der Waals surface area (Å²) in [4.78, 5) is 27.1. The third-order valence-corrected chi connectivity index (χ3v) is 1.99. The molecule has 0 saturated heterocycles. The Morgan fingerprint density at radius 3 is 2.71 bits per heavy atom. The van der Waals surface area contributed by atoms with Gasteiger partial charge < -0.3 is 9.57 Å². The molecule has 0 atom stereocenters. The molecule has 0 unspecified atom stereocenters. The van der Waals surface area contributed by atoms with Gasteiger partial charge in [-0.15, -0.1) is 0 Å². The molecule has 0 N–H and O–H groups in total. The molecule has 0 aliphatic heterocycles. The van der Waals surface area contributed by atoms with Crippen LogP contribution < -0.4 is 0 Å². The predicted octanol–water partition coefficient (Wildman–Crippen LogP) is 1.41. The highest BCUT2D eigenvalue weighted by Gasteiger charge is 2.19. The molecule has 0 bridgehead atoms. The van der Waals surface area contributed by atoms with Crippen molar-refractivity contribution >= 4 is 18.0 Å². The summed E-state index contributed by atoms with van der Waals surface area (Å²) in [5.41, 5.74) is 0.733. The summed E-state index contributed by atoms with van der Waals surface area (Å²) < 4.78 is 4.84. The van der Waals surface area contributed by atoms with E-state index >= 15 is 0 Å². The lowest BCUT2D eigenvalue weighted by Crippen LogP contribution is -2.20. The molecule has 5 heteroatoms. The van der Waals surface area contributed by atoms with Crippen LogP contribution >= 0.6 is 0 Å². The third kappa shape index (κ3) is 3.14. The summed E-state index contributed by atoms with van der Waals surface area (Å²) in [5, 5.41) is 3.60. The van der Waals surface area contributed by atoms with Gasteiger partial charge in [0.2, 0.25) is 0 Å². The SMILES string of the molecule is CCOC(=O)C(=NOC)c1ccccc1C=O. The van der Waals surface area contributed by atoms with Crippen LogP contribution in [-0.4, -0.2) is 31.7 Å². The van der Waals surface area contributed by atoms with Gasteiger partial charge in [-0.05, 0) is 6.92 Å². The summed E-state index contributed by atoms with van der Waals surface area (Å²) in [5.74, 6) is -0.622. The van der Waals surface area contributed by atoms with Gasteiger partial charge >= 0.3 is 5.97 Å². The van der Waals surface area contributed by atoms with Gasteiger partial charge in [-0.25, -0.2) is 4.79 Å². The van der Waals surface area contributed by atoms with Crippen LogP contribution in [0.4, 0.5) is 0 Å². The standard InChI is InChI=1S/C12H13NO4/c1-3-17-12(15)11(13-16-2)10-7-5-4-6-9(10)8-14/h4-8H,3H2,1-2H3. The molecule has 0 radical (unpaired) electrons. The van der Waals surface area contributed by atoms with Gasteiger partial charge in [-0.1, -0.05) is 29.4 Å². The first kappa shape index (κ1) is 12.9. The van der Waals surface area contributed by atoms with Crippen LogP contribution in [0.3, 0.4) is 0 Å². The van der Waals surface area contributed by atoms with Crippen molar-refractivity contribution in [1.82, 2.24) is 0 Å². The molecule has 0 aliphatic rings. The fraction of sp³-hybridized carbons (Fsp3) is 0.250. The van der Waals surface area contributed by atoms with Crippen LogP contribution in [0.1, 0.15) is 22.8 Å². The van der Waals surface area contributed by atoms with Crippen molar-refractivity contribution in [1.29, 1.82) is 0 Å². The average Bonchev–Trinajstić information content (AvgIpc) is 2.36. The van der Waals surface area contributed by atoms with Gasteiger partial charge in [0.05, 0.1) is 6.61 Å². The molecule has 0 fully saturated rings. The van der Waals surface area contributed by atoms with Gasteiger partial charge in [0.15, 0.2) is 12.0 Å². The van der Waals surface area contributed by atoms with Crippen molar-refractivity contribution in [2.75, 3.05) is 13.7 Å². The number of rotatable bonds is 5. The normalized spacial score (nSPS) is 10.8. The Bertz CT molecular complexity index is 440. The van der Waals surface area contributed by atoms with E-state index < -0.39 is 5.97 Å². The molecule has 5 nitrogen and oxygen atoms in total. The van der Waals surface area contributed by atoms with E-state index in [0.717, 1.165) is 0 Å². The summed E-state index contributed by atoms with van der Waals surface area (Å²) in [6.45, 7) is 1.92. The third-order valence-electron chi connectivity index (χ3n) is 1.99. The zero-order valence-electron chi connectivity index (χ0n) is 9.67. The molecule has 1 rings (SSSR count). The number of hydrogen-bond donors (Lipinski definition) is 0. The second kappa shape index (κ2) is 6.42. The van der Waals surface area contributed by atoms with Crippen LogP contribution in [0.25, 0.3) is 0 Å². The van der Waals surface area contributed by atoms with E-state index in [4.69, 9.17) is 4.74 Å². The second-order valence-electron chi connectivity index (χ2n) is 3.05. The molecule has 0 heterocycles. The Labute approximate surface area is 99.0 Å². The summed E-state index contributed by atoms with van der Waals surface area (Å²) >= 11 is 0. The zero-order valence-corrected chi connectivity index (χ0v) is 9.67. The van der Waals surface area contributed by atoms with Crippen molar-refractivity contribution < 1.29 is 19.2 Å². The van der Waals surface area contributed by atoms with Crippen LogP contribution in [0.5, 0.6) is 0 Å². The van der Waals surface area contributed by atoms with Crippen LogP contribution in [0.15, 0.2) is 29.4 Å². The Hall–Kier alpha value is -2.17. The minimum Gasteiger partial charge on any atom is -0.461 e. The van der Waals surface area contributed by atoms with Crippen molar-refractivity contribution in [2.24, 2.45) is 5.16 Å². The molecule has 0 saturated carbocycles. The van der Waals surface area contributed by atoms with E-state index in [1.165, 1.54) is 7.11 Å². The fourth-order valence-electron chi connectivity index (χ4n) is 1.30. The lowest BCUT2D eigenvalue weighted by atomic mass is 10.0. The van der Waals surface area contributed by atoms with E-state index in [1.807, 2.05) is 0 Å². The average molecular weight is 235 g/mol. The Morgan fingerprint density at radius 1 is 1.41 bits per heavy atom. The van der Waals surface area contributed by atoms with Gasteiger partial charge in [0, 0.05) is 11.1 Å². The van der Waals surface area contributed by atoms with Crippen molar-refractivity contribution in [3.63, 3.8) is 0 Å². The number of esters is 1. The topological polar surface area (TPSA) is 65.0 Å². The number of oxime groups is 1. The van der Waals surface area contributed by atoms with Crippen LogP contribution in [-0.2, 0) is 14.4 Å². The van der Waals surface area contributed by atoms with Gasteiger partial charge in [-0.2, -0.15) is 0 Å². The number of aldehydes is 1. The molecule has 17 heavy (non-hydrogen) atoms. The quantitative estimate of drug-likeness (QED) is 0.335. The lowest BCUT2D eigenvalue weighted by molar-refractivity contribution is -0.135. The Balaban J connectivity index is 3.19. The van der Waals surface area contributed by atoms with Crippen LogP contribution in [0, 0.1) is 0 Å². The maximum Gasteiger partial charge on any atom is 0.361 e. The molecule has 1 aromatic rings. The first-order chi connectivity index (χ1) is 8.24. The van der Waals surface area contributed by atoms with E-state index in [0.29, 0.717) is 17.4 Å². The summed E-state index contributed by atoms with van der Waals surface area (Å²) in [7, 11) is 1.32. The first-order valence-corrected chi connectivity index (χ1v) is 5.07. The Kier molecular flexibility index (Phi) is 4.87. The molecule has 0 aliphatic carbocycles. The zero-order chi connectivity index (χ0) is 12.7. The molecule has 90 valence electrons. The molecule has 0 amide bonds. The van der Waals surface area contributed by atoms with E-state index in [2.05, 4.69) is 9.99 Å². The number of benzene rings is 1. The number of carbonyl (C=O) groups is 2. The van der Waals surface area contributed by atoms with E-state index in [-0.39, 0.29) is 12.3 Å². The van der Waals surface area contributed by atoms with Crippen molar-refractivity contribution in [3.8, 4) is 0 Å². The largest absolute Gasteiger partial charge is 0.461 e. The molecule has 0 spiro atoms. The van der Waals surface area contributed by atoms with Crippen molar-refractivity contribution in [2.45, 2.75) is 6.92 Å². The van der Waals surface area contributed by atoms with Crippen molar-refractivity contribution in [3.05, 3.63) is 35.4 Å². The maximum absolute atomic E-state index is 11.7. The first-order valence-electron chi connectivity index (χ1n) is 5.07. The number of carbonyl (C=O) groups excluding carboxylic acids is 2. The number of hydrogen-bond acceptors (Lipinski definition) is 5. The smallest absolute Gasteiger partial charge is 0.361 e. The number of nitrogens with zero attached hydrogens (tertiary/aromatic N) is 1. The Morgan fingerprint density at radius 2 is 2.12 bits per heavy atom. The van der Waals surface area contributed by atoms with Gasteiger partial charge in [-0.3, -0.25) is 4.79 Å². The molecule has 0 aromatic heterocycles. The summed E-state index contributed by atoms with van der Waals surface area (Å²) in [6, 6.07) is 6.60. The maximum atomic E-state index is 11.7. The second-order valence-corrected chi connectivity index (χ2v) is 3.05. The predicted molar refractivity (Wildman–Crippen MR) is 62.0 cm³/mol. The lowest BCUT2D eigenvalue weighted by Gasteiger charge is -2.07. The minimum atomic E-state index is -0.622. The molecular formula is C12H13NO4. The van der Waals surface area contributed by atoms with Crippen LogP contribution in [0.2, 0.25) is 0 Å². The summed E-state index contributed by atoms with van der Waals surface area (Å²) in [6.07, 6.45) is 0.653. The molecule has 1 aromatic carbocycles. The fourth-order valence-corrected chi connectivity index (χ4v) is 1.30. The molecular weight excluding hydrogens is 222 g/mol. The monoisotopic (exact) mass is 235 g/mol. The van der Waals surface area contributed by atoms with E-state index in [9.17, 15) is 9.59 Å². The number of ether oxygens (including phenoxy) is 1. The highest BCUT2D eigenvalue weighted by molar-refractivity contribution is 6.44. The highest BCUT2D eigenvalue weighted by atomic mass is 16.6. The highest BCUT2D eigenvalue weighted by Crippen LogP contribution is 2.09. The minimum absolute atomic E-state index is 0.0166. The van der Waals surface area contributed by atoms with Gasteiger partial charge in [0.25, 0.3) is 0 Å². The van der Waals surface area contributed by atoms with E-state index in [1.54, 1.807) is 31.2 Å². The van der Waals surface area contributed by atoms with Gasteiger partial charge in [0.1, 0.15) is 7.11 Å².